The van der Waals surface area contributed by atoms with Crippen LogP contribution < -0.4 is 31.9 Å². The molecule has 1 aliphatic rings. The molecule has 19 heteroatoms. The van der Waals surface area contributed by atoms with Crippen LogP contribution in [0.1, 0.15) is 54.1 Å². The molecule has 8 N–H and O–H groups in total. The van der Waals surface area contributed by atoms with Crippen molar-refractivity contribution in [1.82, 2.24) is 50.1 Å². The number of nitrogens with two attached hydrogens (primary N) is 1. The number of rotatable bonds is 17. The number of nitrogens with one attached hydrogen (secondary N) is 6. The predicted molar refractivity (Wildman–Crippen MR) is 290 cm³/mol. The molecular weight excluding hydrogens is 909 g/mol. The molecule has 376 valence electrons. The van der Waals surface area contributed by atoms with Crippen LogP contribution in [0.25, 0.3) is 44.1 Å². The zero-order valence-corrected chi connectivity index (χ0v) is 42.0. The number of hydrogen-bond acceptors (Lipinski definition) is 15. The Morgan fingerprint density at radius 3 is 1.56 bits per heavy atom. The van der Waals surface area contributed by atoms with Crippen molar-refractivity contribution in [3.05, 3.63) is 121 Å². The highest BCUT2D eigenvalue weighted by atomic mass is 16.5. The number of carbonyl (C=O) groups excluding carboxylic acids is 2. The highest BCUT2D eigenvalue weighted by Crippen LogP contribution is 2.30. The van der Waals surface area contributed by atoms with Gasteiger partial charge in [-0.2, -0.15) is 10.2 Å². The van der Waals surface area contributed by atoms with Crippen LogP contribution in [0.15, 0.2) is 110 Å². The van der Waals surface area contributed by atoms with Gasteiger partial charge < -0.3 is 46.4 Å². The average molecular weight is 975 g/mol. The van der Waals surface area contributed by atoms with Crippen LogP contribution in [0.4, 0.5) is 34.4 Å². The first-order chi connectivity index (χ1) is 35.0. The lowest BCUT2D eigenvalue weighted by atomic mass is 10.0. The number of nitrogen functional groups attached to an aromatic ring is 1. The van der Waals surface area contributed by atoms with Gasteiger partial charge in [-0.1, -0.05) is 12.1 Å². The topological polar surface area (TPSA) is 236 Å². The van der Waals surface area contributed by atoms with Crippen LogP contribution in [0, 0.1) is 0 Å². The third kappa shape index (κ3) is 14.5. The van der Waals surface area contributed by atoms with E-state index in [2.05, 4.69) is 82.4 Å². The maximum Gasteiger partial charge on any atom is 0.276 e. The highest BCUT2D eigenvalue weighted by Gasteiger charge is 2.18. The van der Waals surface area contributed by atoms with Crippen molar-refractivity contribution in [3.8, 4) is 22.3 Å². The van der Waals surface area contributed by atoms with Crippen LogP contribution in [-0.4, -0.2) is 143 Å². The molecule has 2 aromatic carbocycles. The second-order valence-corrected chi connectivity index (χ2v) is 17.7. The van der Waals surface area contributed by atoms with Gasteiger partial charge in [0, 0.05) is 93.0 Å². The predicted octanol–water partition coefficient (Wildman–Crippen LogP) is 8.11. The van der Waals surface area contributed by atoms with Gasteiger partial charge in [0.05, 0.1) is 52.4 Å². The summed E-state index contributed by atoms with van der Waals surface area (Å²) in [5.74, 6) is 0.925. The summed E-state index contributed by atoms with van der Waals surface area (Å²) in [6, 6.07) is 23.1. The van der Waals surface area contributed by atoms with E-state index in [4.69, 9.17) is 10.5 Å². The lowest BCUT2D eigenvalue weighted by molar-refractivity contribution is 0.101. The van der Waals surface area contributed by atoms with Gasteiger partial charge in [0.15, 0.2) is 11.4 Å². The number of aromatic nitrogens is 8. The van der Waals surface area contributed by atoms with Crippen LogP contribution in [0.3, 0.4) is 0 Å². The molecular formula is C53H66N16O3. The minimum Gasteiger partial charge on any atom is -0.397 e. The molecule has 8 aromatic rings. The number of pyridine rings is 4. The summed E-state index contributed by atoms with van der Waals surface area (Å²) in [5.41, 5.74) is 14.8. The van der Waals surface area contributed by atoms with Crippen LogP contribution in [0.2, 0.25) is 0 Å². The molecule has 1 aliphatic heterocycles. The van der Waals surface area contributed by atoms with Gasteiger partial charge in [0.1, 0.15) is 11.6 Å². The van der Waals surface area contributed by atoms with Crippen molar-refractivity contribution >= 4 is 68.0 Å². The fourth-order valence-electron chi connectivity index (χ4n) is 7.80. The smallest absolute Gasteiger partial charge is 0.276 e. The van der Waals surface area contributed by atoms with E-state index in [0.29, 0.717) is 33.8 Å². The summed E-state index contributed by atoms with van der Waals surface area (Å²) in [6.07, 6.45) is 14.1. The van der Waals surface area contributed by atoms with E-state index in [9.17, 15) is 9.59 Å². The van der Waals surface area contributed by atoms with E-state index in [-0.39, 0.29) is 11.8 Å². The molecule has 19 nitrogen and oxygen atoms in total. The summed E-state index contributed by atoms with van der Waals surface area (Å²) in [4.78, 5) is 49.9. The number of carbonyl (C=O) groups is 2. The van der Waals surface area contributed by atoms with E-state index in [1.54, 1.807) is 24.8 Å². The molecule has 0 radical (unpaired) electrons. The molecule has 0 bridgehead atoms. The van der Waals surface area contributed by atoms with E-state index < -0.39 is 0 Å². The number of piperidine rings is 1. The normalized spacial score (nSPS) is 12.2. The standard InChI is InChI=1S/C27H32N8O.C22H24N8O.C4H10O/c1-34(2)13-10-29-25-9-7-21(17-30-25)31-27(36)26-23-15-19(6-8-24(23)32-33-26)20-14-22(18-28-16-20)35-11-4-3-5-12-35;1-30(2)8-7-25-20-6-4-17(13-26-20)27-22(31)21-18-10-14(3-5-19(18)28-29-21)15-9-16(23)12-24-11-15;1-3-5-4-2/h6-9,14-18H,3-5,10-13H2,1-2H3,(H,29,30)(H,31,36)(H,32,33);3-6,9-13H,7-8,23H2,1-2H3,(H,25,26)(H,27,31)(H,28,29);3-4H2,1-2H3. The number of likely N-dealkylation sites (N-methyl/N-ethyl adjacent to an activating group) is 2. The number of benzene rings is 2. The first kappa shape index (κ1) is 51.8. The van der Waals surface area contributed by atoms with Crippen molar-refractivity contribution in [3.63, 3.8) is 0 Å². The van der Waals surface area contributed by atoms with Crippen LogP contribution in [-0.2, 0) is 4.74 Å². The van der Waals surface area contributed by atoms with Crippen molar-refractivity contribution in [1.29, 1.82) is 0 Å². The summed E-state index contributed by atoms with van der Waals surface area (Å²) >= 11 is 0. The van der Waals surface area contributed by atoms with Gasteiger partial charge in [0.25, 0.3) is 11.8 Å². The van der Waals surface area contributed by atoms with E-state index in [1.165, 1.54) is 19.3 Å². The number of H-pyrrole nitrogens is 2. The van der Waals surface area contributed by atoms with Crippen molar-refractivity contribution < 1.29 is 14.3 Å². The minimum atomic E-state index is -0.316. The Hall–Kier alpha value is -8.00. The monoisotopic (exact) mass is 975 g/mol. The van der Waals surface area contributed by atoms with Gasteiger partial charge in [0.2, 0.25) is 0 Å². The number of fused-ring (bicyclic) bond motifs is 2. The molecule has 0 unspecified atom stereocenters. The Bertz CT molecular complexity index is 2980. The maximum atomic E-state index is 13.1. The minimum absolute atomic E-state index is 0.284. The van der Waals surface area contributed by atoms with Gasteiger partial charge in [-0.25, -0.2) is 9.97 Å². The van der Waals surface area contributed by atoms with E-state index in [1.807, 2.05) is 121 Å². The number of aromatic amines is 2. The zero-order chi connectivity index (χ0) is 50.8. The molecule has 0 saturated carbocycles. The summed E-state index contributed by atoms with van der Waals surface area (Å²) < 4.78 is 4.83. The molecule has 6 aromatic heterocycles. The van der Waals surface area contributed by atoms with Gasteiger partial charge in [-0.05, 0) is 133 Å². The fraction of sp³-hybridized carbons (Fsp3) is 0.321. The molecule has 72 heavy (non-hydrogen) atoms. The molecule has 2 amide bonds. The Labute approximate surface area is 420 Å². The fourth-order valence-corrected chi connectivity index (χ4v) is 7.80. The molecule has 7 heterocycles. The Balaban J connectivity index is 0.000000195. The number of amides is 2. The van der Waals surface area contributed by atoms with Crippen molar-refractivity contribution in [2.24, 2.45) is 0 Å². The molecule has 0 aliphatic carbocycles. The highest BCUT2D eigenvalue weighted by molar-refractivity contribution is 6.12. The first-order valence-electron chi connectivity index (χ1n) is 24.2. The SMILES string of the molecule is CCOCC.CN(C)CCNc1ccc(NC(=O)c2n[nH]c3ccc(-c4cncc(N)c4)cc23)cn1.CN(C)CCNc1ccc(NC(=O)c2n[nH]c3ccc(-c4cncc(N5CCCCC5)c4)cc23)cn1. The van der Waals surface area contributed by atoms with Gasteiger partial charge in [-0.3, -0.25) is 29.8 Å². The molecule has 0 spiro atoms. The molecule has 9 rings (SSSR count). The molecule has 0 atom stereocenters. The quantitative estimate of drug-likeness (QED) is 0.0456. The second kappa shape index (κ2) is 25.7. The zero-order valence-electron chi connectivity index (χ0n) is 42.0. The Morgan fingerprint density at radius 1 is 0.611 bits per heavy atom. The lowest BCUT2D eigenvalue weighted by Gasteiger charge is -2.28. The number of hydrogen-bond donors (Lipinski definition) is 7. The molecule has 1 saturated heterocycles. The van der Waals surface area contributed by atoms with E-state index in [0.717, 1.165) is 108 Å². The average Bonchev–Trinajstić information content (AvgIpc) is 4.03. The maximum absolute atomic E-state index is 13.1. The van der Waals surface area contributed by atoms with Crippen LogP contribution >= 0.6 is 0 Å². The molecule has 1 fully saturated rings. The number of anilines is 6. The van der Waals surface area contributed by atoms with Gasteiger partial charge >= 0.3 is 0 Å². The summed E-state index contributed by atoms with van der Waals surface area (Å²) in [6.45, 7) is 11.2. The van der Waals surface area contributed by atoms with Crippen molar-refractivity contribution in [2.45, 2.75) is 33.1 Å². The van der Waals surface area contributed by atoms with Crippen molar-refractivity contribution in [2.75, 3.05) is 113 Å². The first-order valence-corrected chi connectivity index (χ1v) is 24.2. The summed E-state index contributed by atoms with van der Waals surface area (Å²) in [7, 11) is 8.08. The Kier molecular flexibility index (Phi) is 18.5. The van der Waals surface area contributed by atoms with E-state index >= 15 is 0 Å². The third-order valence-electron chi connectivity index (χ3n) is 11.6. The van der Waals surface area contributed by atoms with Gasteiger partial charge in [-0.15, -0.1) is 0 Å². The second-order valence-electron chi connectivity index (χ2n) is 17.7. The largest absolute Gasteiger partial charge is 0.397 e. The third-order valence-corrected chi connectivity index (χ3v) is 11.6. The Morgan fingerprint density at radius 2 is 1.11 bits per heavy atom. The van der Waals surface area contributed by atoms with Crippen LogP contribution in [0.5, 0.6) is 0 Å². The number of ether oxygens (including phenoxy) is 1. The summed E-state index contributed by atoms with van der Waals surface area (Å²) in [5, 5.41) is 28.1. The lowest BCUT2D eigenvalue weighted by Crippen LogP contribution is -2.29. The number of nitrogens with zero attached hydrogens (tertiary/aromatic N) is 9.